The van der Waals surface area contributed by atoms with Gasteiger partial charge in [0, 0.05) is 111 Å². The van der Waals surface area contributed by atoms with E-state index in [2.05, 4.69) is 29.8 Å². The highest BCUT2D eigenvalue weighted by atomic mass is 33.1. The number of aliphatic imine (C=N–C) groups is 2. The first kappa shape index (κ1) is 56.9. The summed E-state index contributed by atoms with van der Waals surface area (Å²) in [4.78, 5) is 104. The normalized spacial score (nSPS) is 15.6. The minimum absolute atomic E-state index is 0.00358. The van der Waals surface area contributed by atoms with E-state index in [4.69, 9.17) is 24.2 Å². The number of nitrogens with zero attached hydrogens (tertiary/aromatic N) is 4. The lowest BCUT2D eigenvalue weighted by Gasteiger charge is -2.22. The Morgan fingerprint density at radius 3 is 1.86 bits per heavy atom. The van der Waals surface area contributed by atoms with Gasteiger partial charge in [0.25, 0.3) is 11.8 Å². The average molecular weight is 1120 g/mol. The van der Waals surface area contributed by atoms with Crippen LogP contribution >= 0.6 is 21.6 Å². The summed E-state index contributed by atoms with van der Waals surface area (Å²) < 4.78 is 18.5. The Morgan fingerprint density at radius 1 is 0.662 bits per heavy atom. The largest absolute Gasteiger partial charge is 0.493 e. The molecule has 80 heavy (non-hydrogen) atoms. The first-order chi connectivity index (χ1) is 38.6. The van der Waals surface area contributed by atoms with Gasteiger partial charge in [0.05, 0.1) is 48.2 Å². The van der Waals surface area contributed by atoms with E-state index in [1.54, 1.807) is 81.0 Å². The van der Waals surface area contributed by atoms with E-state index < -0.39 is 11.8 Å². The zero-order valence-corrected chi connectivity index (χ0v) is 47.2. The lowest BCUT2D eigenvalue weighted by Crippen LogP contribution is -2.37. The van der Waals surface area contributed by atoms with Crippen molar-refractivity contribution < 1.29 is 47.8 Å². The number of ether oxygens (including phenoxy) is 3. The number of ketones is 2. The predicted molar refractivity (Wildman–Crippen MR) is 314 cm³/mol. The van der Waals surface area contributed by atoms with E-state index in [1.165, 1.54) is 7.11 Å². The van der Waals surface area contributed by atoms with Gasteiger partial charge in [-0.1, -0.05) is 58.0 Å². The molecular formula is C61H65N7O10S2. The fraction of sp³-hybridized carbons (Fsp3) is 0.361. The van der Waals surface area contributed by atoms with E-state index >= 15 is 0 Å². The average Bonchev–Trinajstić information content (AvgIpc) is 3.95. The second-order valence-electron chi connectivity index (χ2n) is 20.8. The van der Waals surface area contributed by atoms with Crippen LogP contribution in [0.4, 0.5) is 28.4 Å². The van der Waals surface area contributed by atoms with Crippen molar-refractivity contribution >= 4 is 104 Å². The van der Waals surface area contributed by atoms with Crippen LogP contribution in [0, 0.1) is 6.92 Å². The van der Waals surface area contributed by atoms with E-state index in [0.29, 0.717) is 88.7 Å². The van der Waals surface area contributed by atoms with E-state index in [-0.39, 0.29) is 91.6 Å². The lowest BCUT2D eigenvalue weighted by atomic mass is 10.0. The molecule has 5 aromatic rings. The standard InChI is InChI=1S/C61H65N7O10S2/c1-37-23-47-49(63-32-43-27-40-11-6-8-13-51(40)67(43)59(47)74)30-53(37)77-35-38-24-39(36-78-55-31-50-48(29-54(55)76-5)60(75)68-44(33-64-50)28-41-12-7-9-14-52(41)68)26-42(25-38)66-58(73)19-17-46(70)34-65-57(72)18-16-45(69)20-21-61(2,3)80-79-22-10-15-56(71)62-4/h6-9,11-14,23-26,29-33,43-44H,10,15-22,27-28,34-36H2,1-5H3,(H,62,71)(H,65,72)(H,66,73)/t43-,44-/m0/s1. The number of amides is 5. The van der Waals surface area contributed by atoms with E-state index in [1.807, 2.05) is 67.7 Å². The summed E-state index contributed by atoms with van der Waals surface area (Å²) in [6.07, 6.45) is 6.85. The molecule has 0 saturated carbocycles. The number of Topliss-reactive ketones (excluding diaryl/α,β-unsaturated/α-hetero) is 2. The number of fused-ring (bicyclic) bond motifs is 8. The van der Waals surface area contributed by atoms with Crippen molar-refractivity contribution in [1.29, 1.82) is 0 Å². The molecule has 4 heterocycles. The van der Waals surface area contributed by atoms with Crippen molar-refractivity contribution in [3.63, 3.8) is 0 Å². The Labute approximate surface area is 473 Å². The van der Waals surface area contributed by atoms with Crippen LogP contribution in [-0.4, -0.2) is 96.8 Å². The molecule has 416 valence electrons. The Hall–Kier alpha value is -7.77. The van der Waals surface area contributed by atoms with Gasteiger partial charge >= 0.3 is 0 Å². The topological polar surface area (TPSA) is 214 Å². The fourth-order valence-electron chi connectivity index (χ4n) is 10.0. The van der Waals surface area contributed by atoms with Crippen molar-refractivity contribution in [2.45, 2.75) is 115 Å². The Kier molecular flexibility index (Phi) is 18.2. The van der Waals surface area contributed by atoms with Crippen LogP contribution < -0.4 is 40.0 Å². The third kappa shape index (κ3) is 13.8. The van der Waals surface area contributed by atoms with Gasteiger partial charge in [-0.05, 0) is 104 Å². The number of methoxy groups -OCH3 is 1. The first-order valence-electron chi connectivity index (χ1n) is 26.8. The van der Waals surface area contributed by atoms with E-state index in [0.717, 1.165) is 40.2 Å². The second kappa shape index (κ2) is 25.6. The van der Waals surface area contributed by atoms with Gasteiger partial charge in [-0.25, -0.2) is 0 Å². The van der Waals surface area contributed by atoms with Gasteiger partial charge in [-0.3, -0.25) is 53.3 Å². The molecule has 0 spiro atoms. The molecule has 0 aromatic heterocycles. The summed E-state index contributed by atoms with van der Waals surface area (Å²) >= 11 is 0. The van der Waals surface area contributed by atoms with Crippen LogP contribution in [0.5, 0.6) is 17.2 Å². The molecule has 0 saturated heterocycles. The number of benzene rings is 5. The molecule has 17 nitrogen and oxygen atoms in total. The highest BCUT2D eigenvalue weighted by Crippen LogP contribution is 2.43. The summed E-state index contributed by atoms with van der Waals surface area (Å²) in [5.74, 6) is 0.468. The summed E-state index contributed by atoms with van der Waals surface area (Å²) in [5, 5.41) is 8.13. The predicted octanol–water partition coefficient (Wildman–Crippen LogP) is 9.96. The number of carbonyl (C=O) groups is 7. The molecule has 0 unspecified atom stereocenters. The molecule has 0 aliphatic carbocycles. The Bertz CT molecular complexity index is 3310. The smallest absolute Gasteiger partial charge is 0.261 e. The molecule has 9 rings (SSSR count). The second-order valence-corrected chi connectivity index (χ2v) is 23.9. The van der Waals surface area contributed by atoms with Gasteiger partial charge in [-0.2, -0.15) is 0 Å². The van der Waals surface area contributed by atoms with Crippen molar-refractivity contribution in [2.75, 3.05) is 41.6 Å². The summed E-state index contributed by atoms with van der Waals surface area (Å²) in [7, 11) is 6.49. The highest BCUT2D eigenvalue weighted by Gasteiger charge is 2.38. The van der Waals surface area contributed by atoms with Crippen LogP contribution in [0.1, 0.15) is 114 Å². The summed E-state index contributed by atoms with van der Waals surface area (Å²) in [6, 6.07) is 27.6. The van der Waals surface area contributed by atoms with Crippen molar-refractivity contribution in [1.82, 2.24) is 10.6 Å². The number of aryl methyl sites for hydroxylation is 1. The SMILES string of the molecule is CNC(=O)CCCSSC(C)(C)CCC(=O)CCC(=O)NCC(=O)CCC(=O)Nc1cc(COc2cc3c(cc2C)C(=O)N2c4ccccc4C[C@H]2C=N3)cc(COc2cc3c(cc2OC)C(=O)N2c4ccccc4C[C@H]2C=N3)c1. The third-order valence-electron chi connectivity index (χ3n) is 14.3. The Morgan fingerprint density at radius 2 is 1.24 bits per heavy atom. The zero-order chi connectivity index (χ0) is 56.5. The molecule has 4 aliphatic rings. The third-order valence-corrected chi connectivity index (χ3v) is 17.8. The van der Waals surface area contributed by atoms with Crippen LogP contribution in [0.2, 0.25) is 0 Å². The van der Waals surface area contributed by atoms with Crippen molar-refractivity contribution in [3.05, 3.63) is 130 Å². The molecule has 3 N–H and O–H groups in total. The lowest BCUT2D eigenvalue weighted by molar-refractivity contribution is -0.127. The monoisotopic (exact) mass is 1120 g/mol. The maximum Gasteiger partial charge on any atom is 0.261 e. The number of rotatable bonds is 25. The van der Waals surface area contributed by atoms with Gasteiger partial charge < -0.3 is 30.2 Å². The summed E-state index contributed by atoms with van der Waals surface area (Å²) in [6.45, 7) is 5.79. The maximum absolute atomic E-state index is 14.1. The van der Waals surface area contributed by atoms with E-state index in [9.17, 15) is 33.6 Å². The van der Waals surface area contributed by atoms with Gasteiger partial charge in [0.1, 0.15) is 24.7 Å². The summed E-state index contributed by atoms with van der Waals surface area (Å²) in [5.41, 5.74) is 8.14. The minimum Gasteiger partial charge on any atom is -0.493 e. The molecular weight excluding hydrogens is 1050 g/mol. The quantitative estimate of drug-likeness (QED) is 0.0368. The molecule has 19 heteroatoms. The van der Waals surface area contributed by atoms with Crippen molar-refractivity contribution in [2.24, 2.45) is 9.98 Å². The van der Waals surface area contributed by atoms with Gasteiger partial charge in [0.15, 0.2) is 17.3 Å². The van der Waals surface area contributed by atoms with Gasteiger partial charge in [0.2, 0.25) is 17.7 Å². The molecule has 0 bridgehead atoms. The van der Waals surface area contributed by atoms with Crippen LogP contribution in [0.3, 0.4) is 0 Å². The number of carbonyl (C=O) groups excluding carboxylic acids is 7. The number of para-hydroxylation sites is 2. The minimum atomic E-state index is -0.436. The number of anilines is 3. The zero-order valence-electron chi connectivity index (χ0n) is 45.6. The number of nitrogens with one attached hydrogen (secondary N) is 3. The fourth-order valence-corrected chi connectivity index (χ4v) is 12.7. The van der Waals surface area contributed by atoms with Crippen LogP contribution in [0.25, 0.3) is 0 Å². The molecule has 5 amide bonds. The number of hydrogen-bond acceptors (Lipinski definition) is 14. The molecule has 4 aliphatic heterocycles. The van der Waals surface area contributed by atoms with Gasteiger partial charge in [-0.15, -0.1) is 0 Å². The molecule has 0 radical (unpaired) electrons. The molecule has 2 atom stereocenters. The van der Waals surface area contributed by atoms with Crippen LogP contribution in [-0.2, 0) is 50.0 Å². The first-order valence-corrected chi connectivity index (χ1v) is 29.2. The van der Waals surface area contributed by atoms with Crippen LogP contribution in [0.15, 0.2) is 101 Å². The maximum atomic E-state index is 14.1. The highest BCUT2D eigenvalue weighted by molar-refractivity contribution is 8.77. The molecule has 0 fully saturated rings. The Balaban J connectivity index is 0.830. The van der Waals surface area contributed by atoms with Crippen molar-refractivity contribution in [3.8, 4) is 17.2 Å². The number of hydrogen-bond donors (Lipinski definition) is 3. The molecule has 5 aromatic carbocycles.